The third-order valence-corrected chi connectivity index (χ3v) is 3.61. The average molecular weight is 321 g/mol. The molecule has 1 unspecified atom stereocenters. The number of nitrogens with zero attached hydrogens (tertiary/aromatic N) is 1. The number of amides is 1. The van der Waals surface area contributed by atoms with Gasteiger partial charge < -0.3 is 14.6 Å². The molecule has 0 aliphatic heterocycles. The molecule has 0 aliphatic carbocycles. The number of aryl methyl sites for hydroxylation is 1. The van der Waals surface area contributed by atoms with Gasteiger partial charge in [0, 0.05) is 16.8 Å². The van der Waals surface area contributed by atoms with Crippen molar-refractivity contribution in [1.29, 1.82) is 0 Å². The summed E-state index contributed by atoms with van der Waals surface area (Å²) in [5.41, 5.74) is 0.961. The molecule has 0 fully saturated rings. The minimum Gasteiger partial charge on any atom is -0.495 e. The van der Waals surface area contributed by atoms with Crippen LogP contribution in [-0.4, -0.2) is 17.6 Å². The van der Waals surface area contributed by atoms with Crippen LogP contribution in [0.2, 0.25) is 5.02 Å². The van der Waals surface area contributed by atoms with E-state index in [4.69, 9.17) is 16.3 Å². The maximum absolute atomic E-state index is 12.4. The lowest BCUT2D eigenvalue weighted by Crippen LogP contribution is -2.32. The third-order valence-electron chi connectivity index (χ3n) is 3.38. The van der Waals surface area contributed by atoms with Gasteiger partial charge in [0.2, 0.25) is 5.91 Å². The zero-order chi connectivity index (χ0) is 16.3. The van der Waals surface area contributed by atoms with Gasteiger partial charge in [-0.25, -0.2) is 0 Å². The molecule has 116 valence electrons. The number of halogens is 1. The van der Waals surface area contributed by atoms with Crippen LogP contribution in [-0.2, 0) is 4.79 Å². The van der Waals surface area contributed by atoms with E-state index in [0.717, 1.165) is 0 Å². The highest BCUT2D eigenvalue weighted by Crippen LogP contribution is 2.28. The Morgan fingerprint density at radius 3 is 2.68 bits per heavy atom. The number of aromatic nitrogens is 1. The Labute approximate surface area is 133 Å². The molecule has 0 spiro atoms. The van der Waals surface area contributed by atoms with Crippen LogP contribution in [0.15, 0.2) is 41.2 Å². The summed E-state index contributed by atoms with van der Waals surface area (Å²) in [6.07, 6.45) is 0. The molecule has 0 bridgehead atoms. The number of carbonyl (C=O) groups is 1. The lowest BCUT2D eigenvalue weighted by molar-refractivity contribution is -0.118. The predicted octanol–water partition coefficient (Wildman–Crippen LogP) is 3.02. The van der Waals surface area contributed by atoms with Crippen molar-refractivity contribution in [3.05, 3.63) is 57.5 Å². The first-order valence-electron chi connectivity index (χ1n) is 6.76. The van der Waals surface area contributed by atoms with Gasteiger partial charge in [-0.1, -0.05) is 17.7 Å². The molecule has 0 aliphatic rings. The summed E-state index contributed by atoms with van der Waals surface area (Å²) >= 11 is 5.94. The normalized spacial score (nSPS) is 11.8. The van der Waals surface area contributed by atoms with Crippen LogP contribution in [0.3, 0.4) is 0 Å². The summed E-state index contributed by atoms with van der Waals surface area (Å²) in [7, 11) is 1.51. The Morgan fingerprint density at radius 1 is 1.32 bits per heavy atom. The Morgan fingerprint density at radius 2 is 2.05 bits per heavy atom. The van der Waals surface area contributed by atoms with Gasteiger partial charge in [-0.15, -0.1) is 0 Å². The number of hydrogen-bond acceptors (Lipinski definition) is 3. The lowest BCUT2D eigenvalue weighted by atomic mass is 10.2. The minimum atomic E-state index is -0.655. The zero-order valence-electron chi connectivity index (χ0n) is 12.6. The number of carbonyl (C=O) groups excluding carboxylic acids is 1. The number of anilines is 1. The number of pyridine rings is 1. The molecular weight excluding hydrogens is 304 g/mol. The number of nitrogens with one attached hydrogen (secondary N) is 1. The molecule has 0 radical (unpaired) electrons. The molecule has 1 aromatic heterocycles. The van der Waals surface area contributed by atoms with Crippen molar-refractivity contribution in [2.75, 3.05) is 12.4 Å². The van der Waals surface area contributed by atoms with E-state index < -0.39 is 6.04 Å². The first-order valence-corrected chi connectivity index (χ1v) is 7.14. The third kappa shape index (κ3) is 3.31. The molecule has 22 heavy (non-hydrogen) atoms. The summed E-state index contributed by atoms with van der Waals surface area (Å²) in [4.78, 5) is 24.4. The van der Waals surface area contributed by atoms with Crippen molar-refractivity contribution in [2.24, 2.45) is 0 Å². The fraction of sp³-hybridized carbons (Fsp3) is 0.250. The van der Waals surface area contributed by atoms with Gasteiger partial charge in [-0.2, -0.15) is 0 Å². The molecule has 1 N–H and O–H groups in total. The fourth-order valence-corrected chi connectivity index (χ4v) is 2.40. The molecule has 1 atom stereocenters. The standard InChI is InChI=1S/C16H17ClN2O3/c1-10-5-4-6-15(20)19(10)11(2)16(21)18-13-9-12(17)7-8-14(13)22-3/h4-9,11H,1-3H3,(H,18,21). The first-order chi connectivity index (χ1) is 10.4. The van der Waals surface area contributed by atoms with Gasteiger partial charge in [0.05, 0.1) is 12.8 Å². The highest BCUT2D eigenvalue weighted by Gasteiger charge is 2.19. The Kier molecular flexibility index (Phi) is 4.88. The quantitative estimate of drug-likeness (QED) is 0.942. The molecule has 6 heteroatoms. The van der Waals surface area contributed by atoms with E-state index in [2.05, 4.69) is 5.32 Å². The van der Waals surface area contributed by atoms with Gasteiger partial charge in [-0.05, 0) is 38.1 Å². The van der Waals surface area contributed by atoms with Gasteiger partial charge in [0.1, 0.15) is 11.8 Å². The number of benzene rings is 1. The van der Waals surface area contributed by atoms with E-state index in [9.17, 15) is 9.59 Å². The summed E-state index contributed by atoms with van der Waals surface area (Å²) in [6, 6.07) is 9.16. The van der Waals surface area contributed by atoms with Crippen molar-refractivity contribution in [1.82, 2.24) is 4.57 Å². The summed E-state index contributed by atoms with van der Waals surface area (Å²) < 4.78 is 6.63. The van der Waals surface area contributed by atoms with Crippen LogP contribution in [0.25, 0.3) is 0 Å². The number of ether oxygens (including phenoxy) is 1. The highest BCUT2D eigenvalue weighted by molar-refractivity contribution is 6.31. The Balaban J connectivity index is 2.30. The molecule has 1 aromatic carbocycles. The van der Waals surface area contributed by atoms with Crippen LogP contribution >= 0.6 is 11.6 Å². The maximum atomic E-state index is 12.4. The van der Waals surface area contributed by atoms with E-state index in [-0.39, 0.29) is 11.5 Å². The number of methoxy groups -OCH3 is 1. The second kappa shape index (κ2) is 6.66. The molecule has 0 saturated carbocycles. The fourth-order valence-electron chi connectivity index (χ4n) is 2.23. The minimum absolute atomic E-state index is 0.222. The largest absolute Gasteiger partial charge is 0.495 e. The van der Waals surface area contributed by atoms with Crippen molar-refractivity contribution < 1.29 is 9.53 Å². The smallest absolute Gasteiger partial charge is 0.251 e. The molecule has 1 heterocycles. The average Bonchev–Trinajstić information content (AvgIpc) is 2.47. The van der Waals surface area contributed by atoms with E-state index in [1.165, 1.54) is 17.7 Å². The lowest BCUT2D eigenvalue weighted by Gasteiger charge is -2.18. The highest BCUT2D eigenvalue weighted by atomic mass is 35.5. The van der Waals surface area contributed by atoms with Crippen LogP contribution < -0.4 is 15.6 Å². The van der Waals surface area contributed by atoms with Crippen LogP contribution in [0.5, 0.6) is 5.75 Å². The van der Waals surface area contributed by atoms with Gasteiger partial charge >= 0.3 is 0 Å². The molecular formula is C16H17ClN2O3. The maximum Gasteiger partial charge on any atom is 0.251 e. The number of rotatable bonds is 4. The Hall–Kier alpha value is -2.27. The van der Waals surface area contributed by atoms with Crippen molar-refractivity contribution in [3.8, 4) is 5.75 Å². The SMILES string of the molecule is COc1ccc(Cl)cc1NC(=O)C(C)n1c(C)cccc1=O. The molecule has 2 rings (SSSR count). The van der Waals surface area contributed by atoms with Gasteiger partial charge in [-0.3, -0.25) is 9.59 Å². The van der Waals surface area contributed by atoms with Crippen molar-refractivity contribution in [3.63, 3.8) is 0 Å². The second-order valence-corrected chi connectivity index (χ2v) is 5.32. The Bertz CT molecular complexity index is 755. The van der Waals surface area contributed by atoms with Crippen LogP contribution in [0.1, 0.15) is 18.7 Å². The molecule has 2 aromatic rings. The van der Waals surface area contributed by atoms with E-state index >= 15 is 0 Å². The van der Waals surface area contributed by atoms with Gasteiger partial charge in [0.25, 0.3) is 5.56 Å². The topological polar surface area (TPSA) is 60.3 Å². The zero-order valence-corrected chi connectivity index (χ0v) is 13.3. The molecule has 1 amide bonds. The van der Waals surface area contributed by atoms with Crippen molar-refractivity contribution >= 4 is 23.2 Å². The van der Waals surface area contributed by atoms with E-state index in [1.54, 1.807) is 44.2 Å². The summed E-state index contributed by atoms with van der Waals surface area (Å²) in [5.74, 6) is 0.180. The molecule has 5 nitrogen and oxygen atoms in total. The summed E-state index contributed by atoms with van der Waals surface area (Å²) in [6.45, 7) is 3.45. The van der Waals surface area contributed by atoms with Crippen LogP contribution in [0.4, 0.5) is 5.69 Å². The van der Waals surface area contributed by atoms with Crippen LogP contribution in [0, 0.1) is 6.92 Å². The van der Waals surface area contributed by atoms with Gasteiger partial charge in [0.15, 0.2) is 0 Å². The second-order valence-electron chi connectivity index (χ2n) is 4.89. The summed E-state index contributed by atoms with van der Waals surface area (Å²) in [5, 5.41) is 3.23. The monoisotopic (exact) mass is 320 g/mol. The number of hydrogen-bond donors (Lipinski definition) is 1. The first kappa shape index (κ1) is 16.1. The predicted molar refractivity (Wildman–Crippen MR) is 86.8 cm³/mol. The van der Waals surface area contributed by atoms with E-state index in [1.807, 2.05) is 0 Å². The van der Waals surface area contributed by atoms with E-state index in [0.29, 0.717) is 22.2 Å². The van der Waals surface area contributed by atoms with Crippen molar-refractivity contribution in [2.45, 2.75) is 19.9 Å². The molecule has 0 saturated heterocycles.